The zero-order chi connectivity index (χ0) is 15.7. The Hall–Kier alpha value is -0.970. The van der Waals surface area contributed by atoms with Gasteiger partial charge in [0.05, 0.1) is 24.8 Å². The van der Waals surface area contributed by atoms with E-state index in [4.69, 9.17) is 21.1 Å². The first-order valence-electron chi connectivity index (χ1n) is 7.58. The van der Waals surface area contributed by atoms with E-state index in [0.29, 0.717) is 36.3 Å². The molecule has 0 heterocycles. The zero-order valence-corrected chi connectivity index (χ0v) is 13.9. The Kier molecular flexibility index (Phi) is 8.50. The van der Waals surface area contributed by atoms with Gasteiger partial charge >= 0.3 is 0 Å². The number of aliphatic hydroxyl groups excluding tert-OH is 1. The van der Waals surface area contributed by atoms with Crippen LogP contribution in [0.5, 0.6) is 11.5 Å². The summed E-state index contributed by atoms with van der Waals surface area (Å²) in [5, 5.41) is 13.1. The Labute approximate surface area is 132 Å². The summed E-state index contributed by atoms with van der Waals surface area (Å²) in [7, 11) is 0. The van der Waals surface area contributed by atoms with Crippen molar-refractivity contribution in [2.24, 2.45) is 0 Å². The molecule has 0 aromatic heterocycles. The molecule has 4 nitrogen and oxygen atoms in total. The number of aliphatic hydroxyl groups is 1. The first-order chi connectivity index (χ1) is 10.2. The molecule has 2 N–H and O–H groups in total. The van der Waals surface area contributed by atoms with Gasteiger partial charge in [0.25, 0.3) is 0 Å². The minimum absolute atomic E-state index is 0.0929. The van der Waals surface area contributed by atoms with Crippen molar-refractivity contribution in [2.45, 2.75) is 46.2 Å². The van der Waals surface area contributed by atoms with E-state index >= 15 is 0 Å². The average molecular weight is 316 g/mol. The highest BCUT2D eigenvalue weighted by molar-refractivity contribution is 6.32. The minimum Gasteiger partial charge on any atom is -0.490 e. The number of ether oxygens (including phenoxy) is 2. The molecule has 0 unspecified atom stereocenters. The monoisotopic (exact) mass is 315 g/mol. The van der Waals surface area contributed by atoms with E-state index < -0.39 is 0 Å². The smallest absolute Gasteiger partial charge is 0.179 e. The molecule has 0 saturated carbocycles. The van der Waals surface area contributed by atoms with Crippen molar-refractivity contribution in [3.05, 3.63) is 22.7 Å². The van der Waals surface area contributed by atoms with Crippen molar-refractivity contribution < 1.29 is 14.6 Å². The molecule has 5 heteroatoms. The van der Waals surface area contributed by atoms with E-state index in [1.807, 2.05) is 32.9 Å². The van der Waals surface area contributed by atoms with Gasteiger partial charge in [-0.1, -0.05) is 25.4 Å². The van der Waals surface area contributed by atoms with E-state index in [9.17, 15) is 5.11 Å². The Morgan fingerprint density at radius 3 is 2.57 bits per heavy atom. The Morgan fingerprint density at radius 2 is 2.00 bits per heavy atom. The first kappa shape index (κ1) is 18.1. The standard InChI is InChI=1S/C16H26ClNO3/c1-4-7-21-16-14(17)8-12(9-15(16)20-6-3)10-18-13(5-2)11-19/h8-9,13,18-19H,4-7,10-11H2,1-3H3/t13-/m1/s1. The second-order valence-electron chi connectivity index (χ2n) is 4.86. The maximum atomic E-state index is 9.21. The summed E-state index contributed by atoms with van der Waals surface area (Å²) in [6.07, 6.45) is 1.79. The summed E-state index contributed by atoms with van der Waals surface area (Å²) in [5.41, 5.74) is 1.01. The maximum Gasteiger partial charge on any atom is 0.179 e. The van der Waals surface area contributed by atoms with E-state index in [1.165, 1.54) is 0 Å². The lowest BCUT2D eigenvalue weighted by molar-refractivity contribution is 0.238. The topological polar surface area (TPSA) is 50.7 Å². The molecule has 1 aromatic rings. The van der Waals surface area contributed by atoms with Crippen LogP contribution in [0.25, 0.3) is 0 Å². The summed E-state index contributed by atoms with van der Waals surface area (Å²) in [5.74, 6) is 1.28. The van der Waals surface area contributed by atoms with Crippen molar-refractivity contribution in [3.8, 4) is 11.5 Å². The Balaban J connectivity index is 2.86. The van der Waals surface area contributed by atoms with Gasteiger partial charge in [0.2, 0.25) is 0 Å². The number of nitrogens with one attached hydrogen (secondary N) is 1. The first-order valence-corrected chi connectivity index (χ1v) is 7.96. The molecular weight excluding hydrogens is 290 g/mol. The molecule has 1 rings (SSSR count). The Bertz CT molecular complexity index is 422. The number of benzene rings is 1. The van der Waals surface area contributed by atoms with Crippen LogP contribution in [0.1, 0.15) is 39.2 Å². The predicted octanol–water partition coefficient (Wildman–Crippen LogP) is 3.39. The van der Waals surface area contributed by atoms with Crippen LogP contribution in [-0.2, 0) is 6.54 Å². The lowest BCUT2D eigenvalue weighted by Crippen LogP contribution is -2.31. The van der Waals surface area contributed by atoms with Crippen molar-refractivity contribution in [1.29, 1.82) is 0 Å². The van der Waals surface area contributed by atoms with Gasteiger partial charge in [0.1, 0.15) is 0 Å². The highest BCUT2D eigenvalue weighted by Crippen LogP contribution is 2.36. The zero-order valence-electron chi connectivity index (χ0n) is 13.1. The third-order valence-electron chi connectivity index (χ3n) is 3.13. The van der Waals surface area contributed by atoms with Crippen LogP contribution in [0, 0.1) is 0 Å². The fourth-order valence-electron chi connectivity index (χ4n) is 1.93. The summed E-state index contributed by atoms with van der Waals surface area (Å²) in [4.78, 5) is 0. The summed E-state index contributed by atoms with van der Waals surface area (Å²) < 4.78 is 11.3. The molecule has 0 amide bonds. The molecule has 0 radical (unpaired) electrons. The van der Waals surface area contributed by atoms with Crippen molar-refractivity contribution in [2.75, 3.05) is 19.8 Å². The van der Waals surface area contributed by atoms with Crippen LogP contribution < -0.4 is 14.8 Å². The quantitative estimate of drug-likeness (QED) is 0.695. The Morgan fingerprint density at radius 1 is 1.24 bits per heavy atom. The van der Waals surface area contributed by atoms with Crippen LogP contribution in [0.2, 0.25) is 5.02 Å². The third kappa shape index (κ3) is 5.73. The molecule has 0 aliphatic rings. The van der Waals surface area contributed by atoms with Crippen LogP contribution in [0.4, 0.5) is 0 Å². The van der Waals surface area contributed by atoms with Crippen molar-refractivity contribution in [1.82, 2.24) is 5.32 Å². The van der Waals surface area contributed by atoms with E-state index in [2.05, 4.69) is 5.32 Å². The van der Waals surface area contributed by atoms with Gasteiger partial charge in [-0.3, -0.25) is 0 Å². The SMILES string of the molecule is CCCOc1c(Cl)cc(CN[C@H](CC)CO)cc1OCC. The highest BCUT2D eigenvalue weighted by Gasteiger charge is 2.13. The summed E-state index contributed by atoms with van der Waals surface area (Å²) in [6.45, 7) is 7.94. The fraction of sp³-hybridized carbons (Fsp3) is 0.625. The number of rotatable bonds is 10. The van der Waals surface area contributed by atoms with E-state index in [-0.39, 0.29) is 12.6 Å². The fourth-order valence-corrected chi connectivity index (χ4v) is 2.22. The highest BCUT2D eigenvalue weighted by atomic mass is 35.5. The molecule has 21 heavy (non-hydrogen) atoms. The number of hydrogen-bond donors (Lipinski definition) is 2. The lowest BCUT2D eigenvalue weighted by atomic mass is 10.1. The number of halogens is 1. The van der Waals surface area contributed by atoms with Crippen LogP contribution >= 0.6 is 11.6 Å². The van der Waals surface area contributed by atoms with Crippen molar-refractivity contribution in [3.63, 3.8) is 0 Å². The van der Waals surface area contributed by atoms with Gasteiger partial charge in [-0.15, -0.1) is 0 Å². The second kappa shape index (κ2) is 9.87. The van der Waals surface area contributed by atoms with Crippen molar-refractivity contribution >= 4 is 11.6 Å². The van der Waals surface area contributed by atoms with Gasteiger partial charge in [-0.2, -0.15) is 0 Å². The lowest BCUT2D eigenvalue weighted by Gasteiger charge is -2.17. The van der Waals surface area contributed by atoms with E-state index in [0.717, 1.165) is 18.4 Å². The van der Waals surface area contributed by atoms with Crippen LogP contribution in [-0.4, -0.2) is 31.0 Å². The molecule has 1 atom stereocenters. The average Bonchev–Trinajstić information content (AvgIpc) is 2.48. The molecule has 0 aliphatic heterocycles. The predicted molar refractivity (Wildman–Crippen MR) is 86.4 cm³/mol. The molecule has 1 aromatic carbocycles. The number of hydrogen-bond acceptors (Lipinski definition) is 4. The molecule has 0 saturated heterocycles. The second-order valence-corrected chi connectivity index (χ2v) is 5.26. The van der Waals surface area contributed by atoms with Gasteiger partial charge in [0.15, 0.2) is 11.5 Å². The van der Waals surface area contributed by atoms with E-state index in [1.54, 1.807) is 0 Å². The largest absolute Gasteiger partial charge is 0.490 e. The van der Waals surface area contributed by atoms with Gasteiger partial charge in [-0.05, 0) is 37.5 Å². The molecule has 0 fully saturated rings. The van der Waals surface area contributed by atoms with Crippen LogP contribution in [0.3, 0.4) is 0 Å². The summed E-state index contributed by atoms with van der Waals surface area (Å²) in [6, 6.07) is 3.92. The molecular formula is C16H26ClNO3. The van der Waals surface area contributed by atoms with Gasteiger partial charge < -0.3 is 19.9 Å². The molecule has 0 aliphatic carbocycles. The molecule has 0 spiro atoms. The van der Waals surface area contributed by atoms with Gasteiger partial charge in [0, 0.05) is 12.6 Å². The minimum atomic E-state index is 0.0929. The maximum absolute atomic E-state index is 9.21. The van der Waals surface area contributed by atoms with Gasteiger partial charge in [-0.25, -0.2) is 0 Å². The third-order valence-corrected chi connectivity index (χ3v) is 3.41. The molecule has 0 bridgehead atoms. The summed E-state index contributed by atoms with van der Waals surface area (Å²) >= 11 is 6.31. The van der Waals surface area contributed by atoms with Crippen LogP contribution in [0.15, 0.2) is 12.1 Å². The molecule has 120 valence electrons. The normalized spacial score (nSPS) is 12.2.